The molecule has 0 fully saturated rings. The van der Waals surface area contributed by atoms with Gasteiger partial charge in [0.2, 0.25) is 11.8 Å². The SMILES string of the molecule is CC(=O)N(C)C(=O)c1cc(Br)cc(C)c1N(C(C)=O)C(=O)c1cc(Br)nn1-c1ncccc1Cl. The lowest BCUT2D eigenvalue weighted by Crippen LogP contribution is -2.40. The smallest absolute Gasteiger partial charge is 0.282 e. The first-order chi connectivity index (χ1) is 15.9. The minimum Gasteiger partial charge on any atom is -0.282 e. The van der Waals surface area contributed by atoms with Crippen molar-refractivity contribution in [3.05, 3.63) is 67.4 Å². The Balaban J connectivity index is 2.24. The lowest BCUT2D eigenvalue weighted by Gasteiger charge is -2.25. The van der Waals surface area contributed by atoms with E-state index in [2.05, 4.69) is 41.9 Å². The Morgan fingerprint density at radius 2 is 1.71 bits per heavy atom. The molecule has 3 aromatic rings. The molecule has 0 bridgehead atoms. The largest absolute Gasteiger partial charge is 0.283 e. The van der Waals surface area contributed by atoms with Crippen LogP contribution in [0.25, 0.3) is 5.82 Å². The summed E-state index contributed by atoms with van der Waals surface area (Å²) in [5.41, 5.74) is 0.478. The Kier molecular flexibility index (Phi) is 7.69. The van der Waals surface area contributed by atoms with Crippen molar-refractivity contribution in [2.24, 2.45) is 0 Å². The number of pyridine rings is 1. The predicted molar refractivity (Wildman–Crippen MR) is 133 cm³/mol. The van der Waals surface area contributed by atoms with Gasteiger partial charge in [-0.15, -0.1) is 0 Å². The van der Waals surface area contributed by atoms with Gasteiger partial charge in [0.25, 0.3) is 11.8 Å². The van der Waals surface area contributed by atoms with E-state index < -0.39 is 23.6 Å². The van der Waals surface area contributed by atoms with Crippen molar-refractivity contribution < 1.29 is 19.2 Å². The van der Waals surface area contributed by atoms with Crippen molar-refractivity contribution in [2.45, 2.75) is 20.8 Å². The standard InChI is InChI=1S/C22H18Br2ClN5O4/c1-11-8-14(23)9-15(21(33)28(4)12(2)31)19(11)29(13(3)32)22(34)17-10-18(24)27-30(17)20-16(25)6-5-7-26-20/h5-10H,1-4H3. The molecule has 1 aromatic carbocycles. The zero-order chi connectivity index (χ0) is 25.3. The molecule has 34 heavy (non-hydrogen) atoms. The zero-order valence-corrected chi connectivity index (χ0v) is 22.4. The van der Waals surface area contributed by atoms with Gasteiger partial charge in [0.1, 0.15) is 10.3 Å². The molecular weight excluding hydrogens is 594 g/mol. The summed E-state index contributed by atoms with van der Waals surface area (Å²) < 4.78 is 2.06. The maximum absolute atomic E-state index is 13.8. The number of carbonyl (C=O) groups excluding carboxylic acids is 4. The van der Waals surface area contributed by atoms with E-state index in [0.717, 1.165) is 9.80 Å². The summed E-state index contributed by atoms with van der Waals surface area (Å²) in [5, 5.41) is 4.48. The number of aryl methyl sites for hydroxylation is 1. The highest BCUT2D eigenvalue weighted by molar-refractivity contribution is 9.10. The Morgan fingerprint density at radius 1 is 1.03 bits per heavy atom. The maximum atomic E-state index is 13.8. The van der Waals surface area contributed by atoms with Gasteiger partial charge in [0.05, 0.1) is 16.3 Å². The van der Waals surface area contributed by atoms with Crippen molar-refractivity contribution in [3.8, 4) is 5.82 Å². The minimum atomic E-state index is -0.766. The number of rotatable bonds is 4. The van der Waals surface area contributed by atoms with Crippen LogP contribution in [0.15, 0.2) is 45.6 Å². The monoisotopic (exact) mass is 609 g/mol. The van der Waals surface area contributed by atoms with Crippen LogP contribution in [0.4, 0.5) is 5.69 Å². The number of benzene rings is 1. The molecule has 2 heterocycles. The van der Waals surface area contributed by atoms with E-state index in [0.29, 0.717) is 14.6 Å². The van der Waals surface area contributed by atoms with Crippen LogP contribution in [0.1, 0.15) is 40.3 Å². The Bertz CT molecular complexity index is 1340. The van der Waals surface area contributed by atoms with Gasteiger partial charge in [-0.25, -0.2) is 14.6 Å². The molecule has 0 aliphatic heterocycles. The lowest BCUT2D eigenvalue weighted by atomic mass is 10.0. The molecule has 176 valence electrons. The summed E-state index contributed by atoms with van der Waals surface area (Å²) >= 11 is 12.8. The van der Waals surface area contributed by atoms with Gasteiger partial charge in [-0.3, -0.25) is 24.1 Å². The first-order valence-electron chi connectivity index (χ1n) is 9.74. The average molecular weight is 612 g/mol. The fourth-order valence-electron chi connectivity index (χ4n) is 3.23. The van der Waals surface area contributed by atoms with E-state index >= 15 is 0 Å². The Labute approximate surface area is 216 Å². The van der Waals surface area contributed by atoms with Crippen LogP contribution in [0.2, 0.25) is 5.02 Å². The summed E-state index contributed by atoms with van der Waals surface area (Å²) in [5.74, 6) is -2.40. The van der Waals surface area contributed by atoms with Crippen LogP contribution in [0, 0.1) is 6.92 Å². The van der Waals surface area contributed by atoms with Gasteiger partial charge >= 0.3 is 0 Å². The first kappa shape index (κ1) is 25.7. The molecule has 0 unspecified atom stereocenters. The third-order valence-electron chi connectivity index (χ3n) is 4.85. The normalized spacial score (nSPS) is 10.7. The molecule has 3 rings (SSSR count). The van der Waals surface area contributed by atoms with Gasteiger partial charge in [-0.1, -0.05) is 27.5 Å². The molecule has 0 saturated carbocycles. The zero-order valence-electron chi connectivity index (χ0n) is 18.5. The summed E-state index contributed by atoms with van der Waals surface area (Å²) in [6.45, 7) is 4.09. The lowest BCUT2D eigenvalue weighted by molar-refractivity contribution is -0.125. The topological polar surface area (TPSA) is 105 Å². The van der Waals surface area contributed by atoms with Crippen molar-refractivity contribution in [1.29, 1.82) is 0 Å². The second kappa shape index (κ2) is 10.2. The van der Waals surface area contributed by atoms with E-state index in [1.165, 1.54) is 43.9 Å². The molecule has 2 aromatic heterocycles. The highest BCUT2D eigenvalue weighted by atomic mass is 79.9. The van der Waals surface area contributed by atoms with E-state index in [9.17, 15) is 19.2 Å². The van der Waals surface area contributed by atoms with Crippen LogP contribution in [0.5, 0.6) is 0 Å². The third kappa shape index (κ3) is 4.96. The summed E-state index contributed by atoms with van der Waals surface area (Å²) in [7, 11) is 1.32. The van der Waals surface area contributed by atoms with Crippen LogP contribution < -0.4 is 4.90 Å². The summed E-state index contributed by atoms with van der Waals surface area (Å²) in [6, 6.07) is 7.74. The van der Waals surface area contributed by atoms with Crippen LogP contribution in [0.3, 0.4) is 0 Å². The molecule has 0 atom stereocenters. The second-order valence-electron chi connectivity index (χ2n) is 7.23. The summed E-state index contributed by atoms with van der Waals surface area (Å²) in [6.07, 6.45) is 1.49. The van der Waals surface area contributed by atoms with E-state index in [-0.39, 0.29) is 27.8 Å². The number of halogens is 3. The molecule has 0 radical (unpaired) electrons. The molecular formula is C22H18Br2ClN5O4. The highest BCUT2D eigenvalue weighted by Crippen LogP contribution is 2.32. The second-order valence-corrected chi connectivity index (χ2v) is 9.37. The number of hydrogen-bond donors (Lipinski definition) is 0. The molecule has 0 aliphatic carbocycles. The van der Waals surface area contributed by atoms with Gasteiger partial charge in [-0.05, 0) is 52.7 Å². The molecule has 0 aliphatic rings. The van der Waals surface area contributed by atoms with E-state index in [1.54, 1.807) is 25.1 Å². The number of carbonyl (C=O) groups is 4. The van der Waals surface area contributed by atoms with Crippen molar-refractivity contribution in [1.82, 2.24) is 19.7 Å². The third-order valence-corrected chi connectivity index (χ3v) is 5.99. The van der Waals surface area contributed by atoms with Gasteiger partial charge in [0.15, 0.2) is 5.82 Å². The van der Waals surface area contributed by atoms with Crippen LogP contribution in [-0.4, -0.2) is 50.3 Å². The molecule has 9 nitrogen and oxygen atoms in total. The van der Waals surface area contributed by atoms with Crippen molar-refractivity contribution in [3.63, 3.8) is 0 Å². The van der Waals surface area contributed by atoms with E-state index in [1.807, 2.05) is 0 Å². The Morgan fingerprint density at radius 3 is 2.29 bits per heavy atom. The number of anilines is 1. The van der Waals surface area contributed by atoms with Gasteiger partial charge < -0.3 is 0 Å². The highest BCUT2D eigenvalue weighted by Gasteiger charge is 2.32. The van der Waals surface area contributed by atoms with Crippen molar-refractivity contribution in [2.75, 3.05) is 11.9 Å². The fraction of sp³-hybridized carbons (Fsp3) is 0.182. The summed E-state index contributed by atoms with van der Waals surface area (Å²) in [4.78, 5) is 57.5. The molecule has 0 saturated heterocycles. The number of nitrogens with zero attached hydrogens (tertiary/aromatic N) is 5. The quantitative estimate of drug-likeness (QED) is 0.428. The van der Waals surface area contributed by atoms with Gasteiger partial charge in [-0.2, -0.15) is 5.10 Å². The molecule has 12 heteroatoms. The predicted octanol–water partition coefficient (Wildman–Crippen LogP) is 4.57. The molecule has 0 N–H and O–H groups in total. The maximum Gasteiger partial charge on any atom is 0.283 e. The van der Waals surface area contributed by atoms with E-state index in [4.69, 9.17) is 11.6 Å². The number of hydrogen-bond acceptors (Lipinski definition) is 6. The van der Waals surface area contributed by atoms with Gasteiger partial charge in [0, 0.05) is 37.6 Å². The number of imide groups is 2. The first-order valence-corrected chi connectivity index (χ1v) is 11.7. The fourth-order valence-corrected chi connectivity index (χ4v) is 4.38. The van der Waals surface area contributed by atoms with Crippen molar-refractivity contribution >= 4 is 72.8 Å². The van der Waals surface area contributed by atoms with Crippen LogP contribution in [-0.2, 0) is 9.59 Å². The Hall–Kier alpha value is -2.89. The van der Waals surface area contributed by atoms with Crippen LogP contribution >= 0.6 is 43.5 Å². The average Bonchev–Trinajstić information content (AvgIpc) is 3.15. The number of amides is 4. The molecule has 0 spiro atoms. The molecule has 4 amide bonds. The number of aromatic nitrogens is 3. The minimum absolute atomic E-state index is 0.00544.